The molecule has 35 heavy (non-hydrogen) atoms. The van der Waals surface area contributed by atoms with E-state index in [0.29, 0.717) is 17.0 Å². The number of para-hydroxylation sites is 2. The maximum Gasteiger partial charge on any atom is 0.277 e. The largest absolute Gasteiger partial charge is 0.484 e. The molecule has 0 atom stereocenters. The quantitative estimate of drug-likeness (QED) is 0.174. The lowest BCUT2D eigenvalue weighted by molar-refractivity contribution is -0.123. The third-order valence-corrected chi connectivity index (χ3v) is 5.70. The highest BCUT2D eigenvalue weighted by molar-refractivity contribution is 14.1. The molecule has 0 bridgehead atoms. The van der Waals surface area contributed by atoms with Crippen LogP contribution in [0, 0.1) is 3.57 Å². The molecule has 1 heterocycles. The van der Waals surface area contributed by atoms with Crippen molar-refractivity contribution in [3.8, 4) is 11.5 Å². The second kappa shape index (κ2) is 11.9. The number of halogens is 1. The van der Waals surface area contributed by atoms with Crippen LogP contribution in [0.3, 0.4) is 0 Å². The van der Waals surface area contributed by atoms with E-state index in [1.54, 1.807) is 36.5 Å². The van der Waals surface area contributed by atoms with E-state index in [1.165, 1.54) is 6.21 Å². The van der Waals surface area contributed by atoms with Crippen molar-refractivity contribution in [2.24, 2.45) is 5.10 Å². The number of benzene rings is 3. The molecule has 0 saturated heterocycles. The topological polar surface area (TPSA) is 102 Å². The summed E-state index contributed by atoms with van der Waals surface area (Å²) in [6.45, 7) is -0.301. The summed E-state index contributed by atoms with van der Waals surface area (Å²) >= 11 is 2.16. The van der Waals surface area contributed by atoms with Crippen LogP contribution < -0.4 is 20.2 Å². The Hall–Kier alpha value is -3.99. The summed E-state index contributed by atoms with van der Waals surface area (Å²) in [5, 5.41) is 7.70. The van der Waals surface area contributed by atoms with Gasteiger partial charge < -0.3 is 14.8 Å². The summed E-state index contributed by atoms with van der Waals surface area (Å²) in [5.74, 6) is 0.434. The lowest BCUT2D eigenvalue weighted by Gasteiger charge is -2.09. The van der Waals surface area contributed by atoms with Crippen LogP contribution in [0.5, 0.6) is 11.5 Å². The van der Waals surface area contributed by atoms with Gasteiger partial charge in [-0.05, 0) is 76.7 Å². The van der Waals surface area contributed by atoms with Crippen LogP contribution in [-0.4, -0.2) is 36.2 Å². The lowest BCUT2D eigenvalue weighted by atomic mass is 10.2. The first-order chi connectivity index (χ1) is 17.1. The molecule has 0 saturated carbocycles. The number of rotatable bonds is 9. The SMILES string of the molecule is O=C(COc1cccc2cccnc12)N/N=C\c1ccc(OCC(=O)Nc2ccccc2I)cc1. The Morgan fingerprint density at radius 1 is 0.886 bits per heavy atom. The molecule has 8 nitrogen and oxygen atoms in total. The van der Waals surface area contributed by atoms with Crippen LogP contribution in [0.2, 0.25) is 0 Å². The first-order valence-corrected chi connectivity index (χ1v) is 11.7. The van der Waals surface area contributed by atoms with Gasteiger partial charge in [0.05, 0.1) is 11.9 Å². The summed E-state index contributed by atoms with van der Waals surface area (Å²) in [5.41, 5.74) is 4.62. The van der Waals surface area contributed by atoms with Gasteiger partial charge in [0.15, 0.2) is 13.2 Å². The number of pyridine rings is 1. The fraction of sp³-hybridized carbons (Fsp3) is 0.0769. The van der Waals surface area contributed by atoms with Gasteiger partial charge in [0.25, 0.3) is 11.8 Å². The number of anilines is 1. The van der Waals surface area contributed by atoms with E-state index in [4.69, 9.17) is 9.47 Å². The van der Waals surface area contributed by atoms with Crippen molar-refractivity contribution in [1.82, 2.24) is 10.4 Å². The van der Waals surface area contributed by atoms with E-state index in [0.717, 1.165) is 20.2 Å². The molecule has 0 fully saturated rings. The van der Waals surface area contributed by atoms with Crippen molar-refractivity contribution < 1.29 is 19.1 Å². The van der Waals surface area contributed by atoms with Gasteiger partial charge in [-0.25, -0.2) is 5.43 Å². The molecule has 2 N–H and O–H groups in total. The van der Waals surface area contributed by atoms with Crippen molar-refractivity contribution in [3.63, 3.8) is 0 Å². The molecule has 4 rings (SSSR count). The summed E-state index contributed by atoms with van der Waals surface area (Å²) in [6.07, 6.45) is 3.18. The Balaban J connectivity index is 1.21. The minimum Gasteiger partial charge on any atom is -0.484 e. The van der Waals surface area contributed by atoms with Crippen LogP contribution >= 0.6 is 22.6 Å². The Morgan fingerprint density at radius 2 is 1.66 bits per heavy atom. The van der Waals surface area contributed by atoms with Gasteiger partial charge in [-0.2, -0.15) is 5.10 Å². The van der Waals surface area contributed by atoms with Gasteiger partial charge in [0.2, 0.25) is 0 Å². The van der Waals surface area contributed by atoms with Crippen molar-refractivity contribution in [2.45, 2.75) is 0 Å². The van der Waals surface area contributed by atoms with Crippen LogP contribution in [0.1, 0.15) is 5.56 Å². The molecule has 2 amide bonds. The first-order valence-electron chi connectivity index (χ1n) is 10.6. The highest BCUT2D eigenvalue weighted by Gasteiger charge is 2.07. The lowest BCUT2D eigenvalue weighted by Crippen LogP contribution is -2.24. The third-order valence-electron chi connectivity index (χ3n) is 4.76. The number of nitrogens with zero attached hydrogens (tertiary/aromatic N) is 2. The van der Waals surface area contributed by atoms with Gasteiger partial charge in [0.1, 0.15) is 17.0 Å². The smallest absolute Gasteiger partial charge is 0.277 e. The summed E-state index contributed by atoms with van der Waals surface area (Å²) in [4.78, 5) is 28.5. The zero-order valence-electron chi connectivity index (χ0n) is 18.5. The van der Waals surface area contributed by atoms with E-state index >= 15 is 0 Å². The van der Waals surface area contributed by atoms with Gasteiger partial charge in [-0.1, -0.05) is 30.3 Å². The number of hydrazone groups is 1. The Morgan fingerprint density at radius 3 is 2.49 bits per heavy atom. The van der Waals surface area contributed by atoms with Crippen LogP contribution in [-0.2, 0) is 9.59 Å². The number of carbonyl (C=O) groups excluding carboxylic acids is 2. The van der Waals surface area contributed by atoms with E-state index < -0.39 is 5.91 Å². The van der Waals surface area contributed by atoms with Gasteiger partial charge in [-0.3, -0.25) is 14.6 Å². The van der Waals surface area contributed by atoms with Crippen molar-refractivity contribution in [2.75, 3.05) is 18.5 Å². The maximum atomic E-state index is 12.1. The number of nitrogens with one attached hydrogen (secondary N) is 2. The van der Waals surface area contributed by atoms with E-state index in [1.807, 2.05) is 48.5 Å². The number of hydrogen-bond donors (Lipinski definition) is 2. The summed E-state index contributed by atoms with van der Waals surface area (Å²) in [6, 6.07) is 23.8. The second-order valence-corrected chi connectivity index (χ2v) is 8.46. The van der Waals surface area contributed by atoms with Crippen LogP contribution in [0.25, 0.3) is 10.9 Å². The molecule has 0 radical (unpaired) electrons. The van der Waals surface area contributed by atoms with Gasteiger partial charge >= 0.3 is 0 Å². The number of amides is 2. The molecular formula is C26H21IN4O4. The number of fused-ring (bicyclic) bond motifs is 1. The zero-order valence-corrected chi connectivity index (χ0v) is 20.6. The minimum atomic E-state index is -0.395. The molecule has 4 aromatic rings. The van der Waals surface area contributed by atoms with E-state index in [9.17, 15) is 9.59 Å². The standard InChI is InChI=1S/C26H21IN4O4/c27-21-7-1-2-8-22(21)30-24(32)16-34-20-12-10-18(11-13-20)15-29-31-25(33)17-35-23-9-3-5-19-6-4-14-28-26(19)23/h1-15H,16-17H2,(H,30,32)(H,31,33)/b29-15-. The van der Waals surface area contributed by atoms with Gasteiger partial charge in [0, 0.05) is 15.2 Å². The summed E-state index contributed by atoms with van der Waals surface area (Å²) in [7, 11) is 0. The van der Waals surface area contributed by atoms with Gasteiger partial charge in [-0.15, -0.1) is 0 Å². The minimum absolute atomic E-state index is 0.110. The maximum absolute atomic E-state index is 12.1. The van der Waals surface area contributed by atoms with Crippen LogP contribution in [0.4, 0.5) is 5.69 Å². The molecule has 3 aromatic carbocycles. The molecule has 9 heteroatoms. The van der Waals surface area contributed by atoms with Crippen molar-refractivity contribution in [3.05, 3.63) is 94.2 Å². The van der Waals surface area contributed by atoms with Crippen molar-refractivity contribution >= 4 is 57.2 Å². The number of carbonyl (C=O) groups is 2. The van der Waals surface area contributed by atoms with Crippen LogP contribution in [0.15, 0.2) is 90.2 Å². The first kappa shape index (κ1) is 24.1. The second-order valence-electron chi connectivity index (χ2n) is 7.30. The Kier molecular flexibility index (Phi) is 8.23. The molecular weight excluding hydrogens is 559 g/mol. The monoisotopic (exact) mass is 580 g/mol. The Bertz CT molecular complexity index is 1350. The molecule has 1 aromatic heterocycles. The highest BCUT2D eigenvalue weighted by atomic mass is 127. The molecule has 0 spiro atoms. The average molecular weight is 580 g/mol. The van der Waals surface area contributed by atoms with Crippen molar-refractivity contribution in [1.29, 1.82) is 0 Å². The normalized spacial score (nSPS) is 10.8. The summed E-state index contributed by atoms with van der Waals surface area (Å²) < 4.78 is 12.1. The zero-order chi connectivity index (χ0) is 24.5. The molecule has 0 unspecified atom stereocenters. The van der Waals surface area contributed by atoms with E-state index in [2.05, 4.69) is 43.4 Å². The molecule has 0 aliphatic heterocycles. The fourth-order valence-corrected chi connectivity index (χ4v) is 3.62. The van der Waals surface area contributed by atoms with E-state index in [-0.39, 0.29) is 19.1 Å². The molecule has 0 aliphatic rings. The number of ether oxygens (including phenoxy) is 2. The predicted molar refractivity (Wildman–Crippen MR) is 143 cm³/mol. The third kappa shape index (κ3) is 7.00. The molecule has 0 aliphatic carbocycles. The highest BCUT2D eigenvalue weighted by Crippen LogP contribution is 2.22. The fourth-order valence-electron chi connectivity index (χ4n) is 3.09. The number of hydrogen-bond acceptors (Lipinski definition) is 6. The Labute approximate surface area is 215 Å². The predicted octanol–water partition coefficient (Wildman–Crippen LogP) is 4.39. The average Bonchev–Trinajstić information content (AvgIpc) is 2.88. The number of aromatic nitrogens is 1. The molecule has 176 valence electrons.